The summed E-state index contributed by atoms with van der Waals surface area (Å²) in [4.78, 5) is 27.6. The van der Waals surface area contributed by atoms with Gasteiger partial charge >= 0.3 is 6.18 Å². The molecule has 0 aliphatic carbocycles. The van der Waals surface area contributed by atoms with E-state index in [0.29, 0.717) is 12.6 Å². The molecule has 0 bridgehead atoms. The van der Waals surface area contributed by atoms with E-state index in [-0.39, 0.29) is 6.04 Å². The summed E-state index contributed by atoms with van der Waals surface area (Å²) in [5.41, 5.74) is -1.18. The maximum atomic E-state index is 12.8. The van der Waals surface area contributed by atoms with Crippen LogP contribution in [0.25, 0.3) is 0 Å². The Kier molecular flexibility index (Phi) is 5.71. The van der Waals surface area contributed by atoms with Crippen LogP contribution in [0.2, 0.25) is 0 Å². The fraction of sp³-hybridized carbons (Fsp3) is 0.444. The molecule has 1 atom stereocenters. The summed E-state index contributed by atoms with van der Waals surface area (Å²) in [5.74, 6) is -0.489. The number of hydrogen-bond acceptors (Lipinski definition) is 4. The minimum atomic E-state index is -4.74. The van der Waals surface area contributed by atoms with E-state index in [4.69, 9.17) is 0 Å². The van der Waals surface area contributed by atoms with E-state index in [1.165, 1.54) is 16.6 Å². The minimum absolute atomic E-state index is 0.0835. The first-order valence-corrected chi connectivity index (χ1v) is 9.46. The Bertz CT molecular complexity index is 875. The SMILES string of the molecule is CC(CNC(=O)Cn1cccc(C(F)(F)F)c1=O)N1CCc2sccc2C1. The molecule has 1 aliphatic rings. The molecule has 0 aromatic carbocycles. The lowest BCUT2D eigenvalue weighted by atomic mass is 10.1. The van der Waals surface area contributed by atoms with E-state index in [1.54, 1.807) is 11.3 Å². The Morgan fingerprint density at radius 3 is 2.89 bits per heavy atom. The molecule has 1 unspecified atom stereocenters. The molecule has 0 spiro atoms. The molecule has 2 aromatic rings. The molecule has 2 aromatic heterocycles. The zero-order valence-corrected chi connectivity index (χ0v) is 15.6. The normalized spacial score (nSPS) is 16.0. The van der Waals surface area contributed by atoms with Crippen molar-refractivity contribution in [1.29, 1.82) is 0 Å². The summed E-state index contributed by atoms with van der Waals surface area (Å²) in [5, 5.41) is 4.79. The summed E-state index contributed by atoms with van der Waals surface area (Å²) in [7, 11) is 0. The summed E-state index contributed by atoms with van der Waals surface area (Å²) >= 11 is 1.75. The Balaban J connectivity index is 1.55. The molecule has 9 heteroatoms. The second-order valence-electron chi connectivity index (χ2n) is 6.60. The minimum Gasteiger partial charge on any atom is -0.353 e. The zero-order chi connectivity index (χ0) is 19.6. The van der Waals surface area contributed by atoms with E-state index in [2.05, 4.69) is 21.7 Å². The Labute approximate surface area is 158 Å². The first-order valence-electron chi connectivity index (χ1n) is 8.58. The van der Waals surface area contributed by atoms with Crippen LogP contribution in [-0.4, -0.2) is 34.5 Å². The molecule has 3 rings (SSSR count). The number of aromatic nitrogens is 1. The van der Waals surface area contributed by atoms with Crippen LogP contribution in [0, 0.1) is 0 Å². The quantitative estimate of drug-likeness (QED) is 0.841. The van der Waals surface area contributed by atoms with E-state index in [0.717, 1.165) is 30.1 Å². The zero-order valence-electron chi connectivity index (χ0n) is 14.8. The van der Waals surface area contributed by atoms with Crippen LogP contribution in [-0.2, 0) is 30.5 Å². The van der Waals surface area contributed by atoms with E-state index in [1.807, 2.05) is 6.92 Å². The van der Waals surface area contributed by atoms with Crippen molar-refractivity contribution in [2.24, 2.45) is 0 Å². The van der Waals surface area contributed by atoms with Gasteiger partial charge in [0.2, 0.25) is 5.91 Å². The monoisotopic (exact) mass is 399 g/mol. The topological polar surface area (TPSA) is 54.3 Å². The third-order valence-corrected chi connectivity index (χ3v) is 5.72. The molecular formula is C18H20F3N3O2S. The molecule has 0 saturated carbocycles. The molecule has 1 aliphatic heterocycles. The van der Waals surface area contributed by atoms with Gasteiger partial charge in [-0.25, -0.2) is 0 Å². The van der Waals surface area contributed by atoms with Crippen molar-refractivity contribution in [3.05, 3.63) is 56.1 Å². The molecule has 0 radical (unpaired) electrons. The molecule has 3 heterocycles. The summed E-state index contributed by atoms with van der Waals surface area (Å²) in [6, 6.07) is 4.03. The number of amides is 1. The lowest BCUT2D eigenvalue weighted by molar-refractivity contribution is -0.139. The average molecular weight is 399 g/mol. The van der Waals surface area contributed by atoms with Gasteiger partial charge < -0.3 is 9.88 Å². The van der Waals surface area contributed by atoms with Gasteiger partial charge in [-0.2, -0.15) is 13.2 Å². The van der Waals surface area contributed by atoms with Crippen molar-refractivity contribution in [3.63, 3.8) is 0 Å². The number of thiophene rings is 1. The maximum absolute atomic E-state index is 12.8. The lowest BCUT2D eigenvalue weighted by Crippen LogP contribution is -2.45. The first-order chi connectivity index (χ1) is 12.8. The van der Waals surface area contributed by atoms with Crippen molar-refractivity contribution in [2.75, 3.05) is 13.1 Å². The number of fused-ring (bicyclic) bond motifs is 1. The third-order valence-electron chi connectivity index (χ3n) is 4.69. The van der Waals surface area contributed by atoms with E-state index >= 15 is 0 Å². The number of halogens is 3. The smallest absolute Gasteiger partial charge is 0.353 e. The predicted molar refractivity (Wildman–Crippen MR) is 96.6 cm³/mol. The number of carbonyl (C=O) groups is 1. The van der Waals surface area contributed by atoms with Crippen molar-refractivity contribution >= 4 is 17.2 Å². The van der Waals surface area contributed by atoms with Gasteiger partial charge in [-0.1, -0.05) is 0 Å². The van der Waals surface area contributed by atoms with Crippen LogP contribution < -0.4 is 10.9 Å². The standard InChI is InChI=1S/C18H20F3N3O2S/c1-12(23-7-4-15-13(10-23)5-8-27-15)9-22-16(25)11-24-6-2-3-14(17(24)26)18(19,20)21/h2-3,5-6,8,12H,4,7,9-11H2,1H3,(H,22,25). The number of alkyl halides is 3. The number of nitrogens with one attached hydrogen (secondary N) is 1. The second-order valence-corrected chi connectivity index (χ2v) is 7.60. The number of rotatable bonds is 5. The Hall–Kier alpha value is -2.13. The third kappa shape index (κ3) is 4.59. The number of carbonyl (C=O) groups excluding carboxylic acids is 1. The largest absolute Gasteiger partial charge is 0.421 e. The van der Waals surface area contributed by atoms with Gasteiger partial charge in [0.1, 0.15) is 12.1 Å². The molecule has 0 fully saturated rings. The lowest BCUT2D eigenvalue weighted by Gasteiger charge is -2.32. The summed E-state index contributed by atoms with van der Waals surface area (Å²) < 4.78 is 39.1. The van der Waals surface area contributed by atoms with Gasteiger partial charge in [0.25, 0.3) is 5.56 Å². The van der Waals surface area contributed by atoms with Gasteiger partial charge in [0.15, 0.2) is 0 Å². The highest BCUT2D eigenvalue weighted by Gasteiger charge is 2.34. The molecule has 1 N–H and O–H groups in total. The highest BCUT2D eigenvalue weighted by molar-refractivity contribution is 7.10. The van der Waals surface area contributed by atoms with Crippen LogP contribution >= 0.6 is 11.3 Å². The Morgan fingerprint density at radius 1 is 1.37 bits per heavy atom. The van der Waals surface area contributed by atoms with Crippen molar-refractivity contribution < 1.29 is 18.0 Å². The van der Waals surface area contributed by atoms with Gasteiger partial charge in [0, 0.05) is 36.8 Å². The van der Waals surface area contributed by atoms with Gasteiger partial charge in [-0.15, -0.1) is 11.3 Å². The summed E-state index contributed by atoms with van der Waals surface area (Å²) in [6.45, 7) is 3.64. The molecule has 0 saturated heterocycles. The van der Waals surface area contributed by atoms with Gasteiger partial charge in [-0.05, 0) is 42.5 Å². The first kappa shape index (κ1) is 19.6. The number of hydrogen-bond donors (Lipinski definition) is 1. The second kappa shape index (κ2) is 7.85. The fourth-order valence-corrected chi connectivity index (χ4v) is 4.01. The molecule has 146 valence electrons. The van der Waals surface area contributed by atoms with Crippen LogP contribution in [0.3, 0.4) is 0 Å². The van der Waals surface area contributed by atoms with Crippen molar-refractivity contribution in [1.82, 2.24) is 14.8 Å². The van der Waals surface area contributed by atoms with Crippen molar-refractivity contribution in [3.8, 4) is 0 Å². The number of nitrogens with zero attached hydrogens (tertiary/aromatic N) is 2. The van der Waals surface area contributed by atoms with Gasteiger partial charge in [0.05, 0.1) is 0 Å². The van der Waals surface area contributed by atoms with Crippen molar-refractivity contribution in [2.45, 2.75) is 38.7 Å². The molecule has 5 nitrogen and oxygen atoms in total. The van der Waals surface area contributed by atoms with Crippen LogP contribution in [0.1, 0.15) is 22.9 Å². The van der Waals surface area contributed by atoms with Gasteiger partial charge in [-0.3, -0.25) is 14.5 Å². The average Bonchev–Trinajstić information content (AvgIpc) is 3.08. The summed E-state index contributed by atoms with van der Waals surface area (Å²) in [6.07, 6.45) is -2.58. The fourth-order valence-electron chi connectivity index (χ4n) is 3.12. The van der Waals surface area contributed by atoms with E-state index in [9.17, 15) is 22.8 Å². The Morgan fingerprint density at radius 2 is 2.15 bits per heavy atom. The number of pyridine rings is 1. The van der Waals surface area contributed by atoms with Crippen LogP contribution in [0.4, 0.5) is 13.2 Å². The molecule has 27 heavy (non-hydrogen) atoms. The van der Waals surface area contributed by atoms with E-state index < -0.39 is 29.8 Å². The highest BCUT2D eigenvalue weighted by Crippen LogP contribution is 2.26. The van der Waals surface area contributed by atoms with Crippen LogP contribution in [0.15, 0.2) is 34.6 Å². The molecular weight excluding hydrogens is 379 g/mol. The molecule has 1 amide bonds. The maximum Gasteiger partial charge on any atom is 0.421 e. The van der Waals surface area contributed by atoms with Crippen LogP contribution in [0.5, 0.6) is 0 Å². The predicted octanol–water partition coefficient (Wildman–Crippen LogP) is 2.49. The highest BCUT2D eigenvalue weighted by atomic mass is 32.1.